The number of carbonyl (C=O) groups excluding carboxylic acids is 2. The van der Waals surface area contributed by atoms with Crippen molar-refractivity contribution in [2.24, 2.45) is 11.7 Å². The van der Waals surface area contributed by atoms with Crippen molar-refractivity contribution in [3.05, 3.63) is 131 Å². The number of amides is 2. The number of benzene rings is 4. The molecule has 0 bridgehead atoms. The Kier molecular flexibility index (Phi) is 7.83. The number of nitrogens with two attached hydrogens (primary N) is 1. The molecular formula is C35H35N3O3. The fourth-order valence-electron chi connectivity index (χ4n) is 6.31. The molecule has 1 heterocycles. The SMILES string of the molecule is N[C@@H]1C[C@H](C(=O)NCC(c2ccccc2)c2ccccc2)CN(C(=O)OCC2c3ccccc3-c3ccccc32)C1. The molecule has 41 heavy (non-hydrogen) atoms. The third-order valence-electron chi connectivity index (χ3n) is 8.33. The average Bonchev–Trinajstić information content (AvgIpc) is 3.34. The molecule has 0 spiro atoms. The number of piperidine rings is 1. The first-order chi connectivity index (χ1) is 20.1. The molecule has 1 aliphatic carbocycles. The molecule has 6 heteroatoms. The Morgan fingerprint density at radius 1 is 0.780 bits per heavy atom. The number of likely N-dealkylation sites (tertiary alicyclic amines) is 1. The summed E-state index contributed by atoms with van der Waals surface area (Å²) in [5.74, 6) is -0.478. The van der Waals surface area contributed by atoms with Gasteiger partial charge in [-0.2, -0.15) is 0 Å². The Balaban J connectivity index is 1.09. The molecule has 2 atom stereocenters. The van der Waals surface area contributed by atoms with Crippen LogP contribution in [0.3, 0.4) is 0 Å². The lowest BCUT2D eigenvalue weighted by Gasteiger charge is -2.35. The van der Waals surface area contributed by atoms with E-state index < -0.39 is 12.0 Å². The molecule has 1 aliphatic heterocycles. The van der Waals surface area contributed by atoms with Crippen LogP contribution in [0.5, 0.6) is 0 Å². The second kappa shape index (κ2) is 12.0. The second-order valence-electron chi connectivity index (χ2n) is 11.0. The van der Waals surface area contributed by atoms with Gasteiger partial charge < -0.3 is 20.7 Å². The number of hydrogen-bond acceptors (Lipinski definition) is 4. The molecule has 0 radical (unpaired) electrons. The highest BCUT2D eigenvalue weighted by molar-refractivity contribution is 5.81. The van der Waals surface area contributed by atoms with E-state index in [9.17, 15) is 9.59 Å². The zero-order valence-corrected chi connectivity index (χ0v) is 23.0. The summed E-state index contributed by atoms with van der Waals surface area (Å²) in [7, 11) is 0. The van der Waals surface area contributed by atoms with Crippen LogP contribution in [-0.2, 0) is 9.53 Å². The van der Waals surface area contributed by atoms with Crippen LogP contribution in [0.1, 0.15) is 40.5 Å². The Morgan fingerprint density at radius 2 is 1.32 bits per heavy atom. The smallest absolute Gasteiger partial charge is 0.409 e. The highest BCUT2D eigenvalue weighted by atomic mass is 16.6. The summed E-state index contributed by atoms with van der Waals surface area (Å²) in [5.41, 5.74) is 13.3. The molecule has 208 valence electrons. The number of ether oxygens (including phenoxy) is 1. The predicted molar refractivity (Wildman–Crippen MR) is 160 cm³/mol. The Morgan fingerprint density at radius 3 is 1.90 bits per heavy atom. The summed E-state index contributed by atoms with van der Waals surface area (Å²) in [4.78, 5) is 28.2. The van der Waals surface area contributed by atoms with E-state index in [1.807, 2.05) is 60.7 Å². The van der Waals surface area contributed by atoms with Gasteiger partial charge in [-0.1, -0.05) is 109 Å². The van der Waals surface area contributed by atoms with Gasteiger partial charge in [0, 0.05) is 37.5 Å². The molecule has 0 saturated carbocycles. The van der Waals surface area contributed by atoms with Gasteiger partial charge in [0.15, 0.2) is 0 Å². The minimum atomic E-state index is -0.425. The van der Waals surface area contributed by atoms with E-state index in [-0.39, 0.29) is 36.9 Å². The quantitative estimate of drug-likeness (QED) is 0.320. The molecule has 1 saturated heterocycles. The number of nitrogens with one attached hydrogen (secondary N) is 1. The first kappa shape index (κ1) is 26.8. The van der Waals surface area contributed by atoms with Crippen LogP contribution >= 0.6 is 0 Å². The van der Waals surface area contributed by atoms with Crippen molar-refractivity contribution in [2.75, 3.05) is 26.2 Å². The number of rotatable bonds is 7. The maximum Gasteiger partial charge on any atom is 0.409 e. The van der Waals surface area contributed by atoms with E-state index >= 15 is 0 Å². The van der Waals surface area contributed by atoms with Crippen LogP contribution < -0.4 is 11.1 Å². The summed E-state index contributed by atoms with van der Waals surface area (Å²) in [6.07, 6.45) is 0.103. The van der Waals surface area contributed by atoms with Gasteiger partial charge in [-0.25, -0.2) is 4.79 Å². The Hall–Kier alpha value is -4.42. The largest absolute Gasteiger partial charge is 0.448 e. The molecule has 2 amide bonds. The summed E-state index contributed by atoms with van der Waals surface area (Å²) in [6.45, 7) is 1.36. The van der Waals surface area contributed by atoms with Gasteiger partial charge in [0.05, 0.1) is 5.92 Å². The molecule has 6 rings (SSSR count). The van der Waals surface area contributed by atoms with Crippen LogP contribution in [0.2, 0.25) is 0 Å². The molecule has 2 aliphatic rings. The van der Waals surface area contributed by atoms with E-state index in [0.29, 0.717) is 19.5 Å². The van der Waals surface area contributed by atoms with Gasteiger partial charge in [0.1, 0.15) is 6.61 Å². The molecule has 4 aromatic rings. The van der Waals surface area contributed by atoms with Crippen molar-refractivity contribution in [2.45, 2.75) is 24.3 Å². The maximum atomic E-state index is 13.4. The topological polar surface area (TPSA) is 84.7 Å². The molecule has 6 nitrogen and oxygen atoms in total. The third-order valence-corrected chi connectivity index (χ3v) is 8.33. The van der Waals surface area contributed by atoms with E-state index in [1.165, 1.54) is 22.3 Å². The van der Waals surface area contributed by atoms with Crippen molar-refractivity contribution in [3.8, 4) is 11.1 Å². The Labute approximate surface area is 241 Å². The first-order valence-electron chi connectivity index (χ1n) is 14.3. The van der Waals surface area contributed by atoms with E-state index in [4.69, 9.17) is 10.5 Å². The lowest BCUT2D eigenvalue weighted by molar-refractivity contribution is -0.126. The highest BCUT2D eigenvalue weighted by Crippen LogP contribution is 2.44. The molecule has 3 N–H and O–H groups in total. The first-order valence-corrected chi connectivity index (χ1v) is 14.3. The highest BCUT2D eigenvalue weighted by Gasteiger charge is 2.35. The maximum absolute atomic E-state index is 13.4. The molecule has 1 fully saturated rings. The summed E-state index contributed by atoms with van der Waals surface area (Å²) in [6, 6.07) is 36.6. The minimum absolute atomic E-state index is 0.0168. The minimum Gasteiger partial charge on any atom is -0.448 e. The average molecular weight is 546 g/mol. The molecular weight excluding hydrogens is 510 g/mol. The van der Waals surface area contributed by atoms with E-state index in [1.54, 1.807) is 4.90 Å². The van der Waals surface area contributed by atoms with E-state index in [0.717, 1.165) is 11.1 Å². The van der Waals surface area contributed by atoms with Gasteiger partial charge in [0.2, 0.25) is 5.91 Å². The summed E-state index contributed by atoms with van der Waals surface area (Å²) in [5, 5.41) is 3.15. The van der Waals surface area contributed by atoms with Crippen LogP contribution in [0.15, 0.2) is 109 Å². The van der Waals surface area contributed by atoms with Gasteiger partial charge in [0.25, 0.3) is 0 Å². The normalized spacial score (nSPS) is 18.0. The van der Waals surface area contributed by atoms with E-state index in [2.05, 4.69) is 53.8 Å². The zero-order chi connectivity index (χ0) is 28.2. The summed E-state index contributed by atoms with van der Waals surface area (Å²) >= 11 is 0. The second-order valence-corrected chi connectivity index (χ2v) is 11.0. The van der Waals surface area contributed by atoms with Crippen molar-refractivity contribution in [3.63, 3.8) is 0 Å². The fraction of sp³-hybridized carbons (Fsp3) is 0.257. The predicted octanol–water partition coefficient (Wildman–Crippen LogP) is 5.53. The van der Waals surface area contributed by atoms with Crippen molar-refractivity contribution in [1.82, 2.24) is 10.2 Å². The zero-order valence-electron chi connectivity index (χ0n) is 23.0. The van der Waals surface area contributed by atoms with Gasteiger partial charge in [-0.15, -0.1) is 0 Å². The number of carbonyl (C=O) groups is 2. The van der Waals surface area contributed by atoms with Crippen LogP contribution in [0.4, 0.5) is 4.79 Å². The van der Waals surface area contributed by atoms with Crippen molar-refractivity contribution < 1.29 is 14.3 Å². The third kappa shape index (κ3) is 5.74. The summed E-state index contributed by atoms with van der Waals surface area (Å²) < 4.78 is 5.87. The molecule has 0 aromatic heterocycles. The van der Waals surface area contributed by atoms with Crippen LogP contribution in [0, 0.1) is 5.92 Å². The Bertz CT molecular complexity index is 1400. The van der Waals surface area contributed by atoms with Crippen LogP contribution in [-0.4, -0.2) is 49.2 Å². The number of hydrogen-bond donors (Lipinski definition) is 2. The van der Waals surface area contributed by atoms with Gasteiger partial charge in [-0.05, 0) is 39.8 Å². The number of fused-ring (bicyclic) bond motifs is 3. The van der Waals surface area contributed by atoms with Crippen molar-refractivity contribution >= 4 is 12.0 Å². The molecule has 4 aromatic carbocycles. The fourth-order valence-corrected chi connectivity index (χ4v) is 6.31. The molecule has 0 unspecified atom stereocenters. The van der Waals surface area contributed by atoms with Crippen molar-refractivity contribution in [1.29, 1.82) is 0 Å². The lowest BCUT2D eigenvalue weighted by Crippen LogP contribution is -2.53. The number of nitrogens with zero attached hydrogens (tertiary/aromatic N) is 1. The van der Waals surface area contributed by atoms with Gasteiger partial charge in [-0.3, -0.25) is 4.79 Å². The standard InChI is InChI=1S/C35H35N3O3/c36-27-19-26(34(39)37-20-32(24-11-3-1-4-12-24)25-13-5-2-6-14-25)21-38(22-27)35(40)41-23-33-30-17-9-7-15-28(30)29-16-8-10-18-31(29)33/h1-18,26-27,32-33H,19-23,36H2,(H,37,39)/t26-,27+/m0/s1. The van der Waals surface area contributed by atoms with Gasteiger partial charge >= 0.3 is 6.09 Å². The monoisotopic (exact) mass is 545 g/mol. The lowest BCUT2D eigenvalue weighted by atomic mass is 9.90. The van der Waals surface area contributed by atoms with Crippen LogP contribution in [0.25, 0.3) is 11.1 Å².